The molecule has 3 nitrogen and oxygen atoms in total. The van der Waals surface area contributed by atoms with Crippen molar-refractivity contribution in [1.29, 1.82) is 0 Å². The number of nitrogens with zero attached hydrogens (tertiary/aromatic N) is 1. The standard InChI is InChI=1S/C17H19NO2/c1-2-5-16(19)18-12-10-17(11-13-18)9-8-14-6-3-4-7-15(14)20-17/h3-4,6-7H,8-13H2,1H3. The third kappa shape index (κ3) is 2.38. The van der Waals surface area contributed by atoms with Gasteiger partial charge in [0.25, 0.3) is 5.91 Å². The number of hydrogen-bond acceptors (Lipinski definition) is 2. The van der Waals surface area contributed by atoms with Crippen LogP contribution in [0.3, 0.4) is 0 Å². The highest BCUT2D eigenvalue weighted by Gasteiger charge is 2.40. The largest absolute Gasteiger partial charge is 0.487 e. The van der Waals surface area contributed by atoms with Gasteiger partial charge < -0.3 is 9.64 Å². The predicted octanol–water partition coefficient (Wildman–Crippen LogP) is 2.40. The zero-order chi connectivity index (χ0) is 14.0. The zero-order valence-electron chi connectivity index (χ0n) is 11.8. The maximum Gasteiger partial charge on any atom is 0.298 e. The third-order valence-corrected chi connectivity index (χ3v) is 4.34. The normalized spacial score (nSPS) is 19.6. The van der Waals surface area contributed by atoms with Crippen molar-refractivity contribution in [2.45, 2.75) is 38.2 Å². The van der Waals surface area contributed by atoms with Gasteiger partial charge >= 0.3 is 0 Å². The first-order chi connectivity index (χ1) is 9.72. The Morgan fingerprint density at radius 3 is 2.75 bits per heavy atom. The van der Waals surface area contributed by atoms with Crippen molar-refractivity contribution in [1.82, 2.24) is 4.90 Å². The fraction of sp³-hybridized carbons (Fsp3) is 0.471. The first-order valence-electron chi connectivity index (χ1n) is 7.21. The number of rotatable bonds is 0. The quantitative estimate of drug-likeness (QED) is 0.677. The molecular weight excluding hydrogens is 250 g/mol. The summed E-state index contributed by atoms with van der Waals surface area (Å²) in [6, 6.07) is 8.27. The number of carbonyl (C=O) groups excluding carboxylic acids is 1. The molecule has 1 fully saturated rings. The molecule has 20 heavy (non-hydrogen) atoms. The molecule has 104 valence electrons. The SMILES string of the molecule is CC#CC(=O)N1CCC2(CCc3ccccc3O2)CC1. The van der Waals surface area contributed by atoms with Crippen molar-refractivity contribution < 1.29 is 9.53 Å². The van der Waals surface area contributed by atoms with Gasteiger partial charge in [-0.15, -0.1) is 0 Å². The summed E-state index contributed by atoms with van der Waals surface area (Å²) in [5.74, 6) is 6.26. The summed E-state index contributed by atoms with van der Waals surface area (Å²) in [6.45, 7) is 3.19. The molecule has 0 aliphatic carbocycles. The Morgan fingerprint density at radius 1 is 1.25 bits per heavy atom. The van der Waals surface area contributed by atoms with E-state index >= 15 is 0 Å². The molecule has 0 saturated carbocycles. The van der Waals surface area contributed by atoms with Gasteiger partial charge in [-0.25, -0.2) is 0 Å². The average Bonchev–Trinajstić information content (AvgIpc) is 2.48. The van der Waals surface area contributed by atoms with Crippen LogP contribution in [0, 0.1) is 11.8 Å². The second kappa shape index (κ2) is 5.20. The van der Waals surface area contributed by atoms with Crippen molar-refractivity contribution in [3.05, 3.63) is 29.8 Å². The minimum atomic E-state index is -0.0786. The summed E-state index contributed by atoms with van der Waals surface area (Å²) < 4.78 is 6.27. The molecule has 0 unspecified atom stereocenters. The first kappa shape index (κ1) is 13.1. The number of likely N-dealkylation sites (tertiary alicyclic amines) is 1. The van der Waals surface area contributed by atoms with Crippen molar-refractivity contribution in [2.75, 3.05) is 13.1 Å². The van der Waals surface area contributed by atoms with E-state index in [4.69, 9.17) is 4.74 Å². The molecule has 1 spiro atoms. The summed E-state index contributed by atoms with van der Waals surface area (Å²) in [7, 11) is 0. The van der Waals surface area contributed by atoms with Crippen LogP contribution in [0.25, 0.3) is 0 Å². The monoisotopic (exact) mass is 269 g/mol. The lowest BCUT2D eigenvalue weighted by atomic mass is 9.83. The maximum atomic E-state index is 11.8. The smallest absolute Gasteiger partial charge is 0.298 e. The summed E-state index contributed by atoms with van der Waals surface area (Å²) in [5.41, 5.74) is 1.22. The lowest BCUT2D eigenvalue weighted by Crippen LogP contribution is -2.51. The summed E-state index contributed by atoms with van der Waals surface area (Å²) in [6.07, 6.45) is 3.92. The van der Waals surface area contributed by atoms with Crippen molar-refractivity contribution >= 4 is 5.91 Å². The molecule has 2 aliphatic rings. The Balaban J connectivity index is 1.69. The molecule has 3 heteroatoms. The second-order valence-corrected chi connectivity index (χ2v) is 5.56. The van der Waals surface area contributed by atoms with E-state index in [0.29, 0.717) is 0 Å². The highest BCUT2D eigenvalue weighted by Crippen LogP contribution is 2.39. The molecule has 0 radical (unpaired) electrons. The molecule has 2 aliphatic heterocycles. The number of ether oxygens (including phenoxy) is 1. The van der Waals surface area contributed by atoms with Crippen molar-refractivity contribution in [3.63, 3.8) is 0 Å². The Bertz CT molecular complexity index is 574. The van der Waals surface area contributed by atoms with Crippen LogP contribution in [0.1, 0.15) is 31.7 Å². The van der Waals surface area contributed by atoms with Crippen molar-refractivity contribution in [2.24, 2.45) is 0 Å². The van der Waals surface area contributed by atoms with E-state index in [9.17, 15) is 4.79 Å². The molecule has 1 amide bonds. The average molecular weight is 269 g/mol. The van der Waals surface area contributed by atoms with E-state index in [-0.39, 0.29) is 11.5 Å². The lowest BCUT2D eigenvalue weighted by Gasteiger charge is -2.44. The van der Waals surface area contributed by atoms with Crippen LogP contribution in [0.5, 0.6) is 5.75 Å². The van der Waals surface area contributed by atoms with E-state index in [1.807, 2.05) is 11.0 Å². The van der Waals surface area contributed by atoms with Gasteiger partial charge in [-0.3, -0.25) is 4.79 Å². The van der Waals surface area contributed by atoms with Gasteiger partial charge in [0.2, 0.25) is 0 Å². The number of piperidine rings is 1. The van der Waals surface area contributed by atoms with Gasteiger partial charge in [-0.2, -0.15) is 0 Å². The Labute approximate surface area is 119 Å². The second-order valence-electron chi connectivity index (χ2n) is 5.56. The van der Waals surface area contributed by atoms with Gasteiger partial charge in [0.15, 0.2) is 0 Å². The molecule has 0 atom stereocenters. The molecule has 0 bridgehead atoms. The van der Waals surface area contributed by atoms with Gasteiger partial charge in [-0.05, 0) is 37.3 Å². The van der Waals surface area contributed by atoms with Crippen LogP contribution in [0.4, 0.5) is 0 Å². The van der Waals surface area contributed by atoms with E-state index in [1.165, 1.54) is 5.56 Å². The number of hydrogen-bond donors (Lipinski definition) is 0. The Kier molecular flexibility index (Phi) is 3.40. The zero-order valence-corrected chi connectivity index (χ0v) is 11.8. The fourth-order valence-corrected chi connectivity index (χ4v) is 3.11. The Morgan fingerprint density at radius 2 is 2.00 bits per heavy atom. The van der Waals surface area contributed by atoms with Crippen LogP contribution in [-0.4, -0.2) is 29.5 Å². The third-order valence-electron chi connectivity index (χ3n) is 4.34. The number of aryl methyl sites for hydroxylation is 1. The molecule has 1 aromatic rings. The molecule has 1 aromatic carbocycles. The number of carbonyl (C=O) groups is 1. The topological polar surface area (TPSA) is 29.5 Å². The van der Waals surface area contributed by atoms with Crippen LogP contribution < -0.4 is 4.74 Å². The van der Waals surface area contributed by atoms with E-state index in [1.54, 1.807) is 6.92 Å². The maximum absolute atomic E-state index is 11.8. The van der Waals surface area contributed by atoms with Crippen LogP contribution in [0.15, 0.2) is 24.3 Å². The molecule has 0 aromatic heterocycles. The Hall–Kier alpha value is -1.95. The predicted molar refractivity (Wildman–Crippen MR) is 77.4 cm³/mol. The summed E-state index contributed by atoms with van der Waals surface area (Å²) in [5, 5.41) is 0. The van der Waals surface area contributed by atoms with Crippen LogP contribution in [0.2, 0.25) is 0 Å². The van der Waals surface area contributed by atoms with Crippen molar-refractivity contribution in [3.8, 4) is 17.6 Å². The summed E-state index contributed by atoms with van der Waals surface area (Å²) >= 11 is 0. The highest BCUT2D eigenvalue weighted by atomic mass is 16.5. The van der Waals surface area contributed by atoms with Crippen LogP contribution in [-0.2, 0) is 11.2 Å². The molecule has 2 heterocycles. The number of para-hydroxylation sites is 1. The van der Waals surface area contributed by atoms with E-state index < -0.39 is 0 Å². The van der Waals surface area contributed by atoms with Gasteiger partial charge in [0.05, 0.1) is 0 Å². The molecule has 1 saturated heterocycles. The van der Waals surface area contributed by atoms with Gasteiger partial charge in [-0.1, -0.05) is 24.1 Å². The van der Waals surface area contributed by atoms with Gasteiger partial charge in [0.1, 0.15) is 11.4 Å². The number of fused-ring (bicyclic) bond motifs is 1. The highest BCUT2D eigenvalue weighted by molar-refractivity contribution is 5.93. The lowest BCUT2D eigenvalue weighted by molar-refractivity contribution is -0.129. The molecular formula is C17H19NO2. The minimum Gasteiger partial charge on any atom is -0.487 e. The number of amides is 1. The molecule has 3 rings (SSSR count). The first-order valence-corrected chi connectivity index (χ1v) is 7.21. The van der Waals surface area contributed by atoms with Crippen LogP contribution >= 0.6 is 0 Å². The summed E-state index contributed by atoms with van der Waals surface area (Å²) in [4.78, 5) is 13.6. The fourth-order valence-electron chi connectivity index (χ4n) is 3.11. The molecule has 0 N–H and O–H groups in total. The number of benzene rings is 1. The minimum absolute atomic E-state index is 0.0569. The van der Waals surface area contributed by atoms with Gasteiger partial charge in [0, 0.05) is 25.9 Å². The van der Waals surface area contributed by atoms with E-state index in [2.05, 4.69) is 30.0 Å². The van der Waals surface area contributed by atoms with E-state index in [0.717, 1.165) is 44.5 Å².